The normalized spacial score (nSPS) is 21.7. The summed E-state index contributed by atoms with van der Waals surface area (Å²) >= 11 is 3.28. The average Bonchev–Trinajstić information content (AvgIpc) is 3.06. The third-order valence-corrected chi connectivity index (χ3v) is 7.77. The number of carboxylic acid groups (broad SMARTS) is 1. The topological polar surface area (TPSA) is 110 Å². The Bertz CT molecular complexity index is 875. The van der Waals surface area contributed by atoms with Gasteiger partial charge in [-0.15, -0.1) is 22.0 Å². The maximum absolute atomic E-state index is 12.4. The number of amides is 1. The van der Waals surface area contributed by atoms with Crippen molar-refractivity contribution in [2.24, 2.45) is 0 Å². The van der Waals surface area contributed by atoms with E-state index in [-0.39, 0.29) is 17.2 Å². The molecule has 2 aliphatic heterocycles. The second-order valence-corrected chi connectivity index (χ2v) is 10.2. The number of esters is 1. The summed E-state index contributed by atoms with van der Waals surface area (Å²) in [7, 11) is 0. The number of aryl methyl sites for hydroxylation is 1. The van der Waals surface area contributed by atoms with Crippen molar-refractivity contribution in [2.45, 2.75) is 28.2 Å². The number of aliphatic carboxylic acids is 1. The summed E-state index contributed by atoms with van der Waals surface area (Å²) < 4.78 is 42.0. The van der Waals surface area contributed by atoms with Crippen molar-refractivity contribution in [1.29, 1.82) is 0 Å². The minimum Gasteiger partial charge on any atom is -0.477 e. The molecule has 3 rings (SSSR count). The highest BCUT2D eigenvalue weighted by Gasteiger charge is 2.55. The SMILES string of the molecule is Cc1nnc(SCC2=C(C(=O)O)N3C(=O)[C@@H](OC(=O)CSC(F)(F)F)[C@@H]3SC2)s1. The molecular weight excluding hydrogens is 475 g/mol. The summed E-state index contributed by atoms with van der Waals surface area (Å²) in [5.41, 5.74) is -4.28. The van der Waals surface area contributed by atoms with Crippen molar-refractivity contribution in [3.8, 4) is 0 Å². The number of fused-ring (bicyclic) bond motifs is 1. The molecule has 1 saturated heterocycles. The van der Waals surface area contributed by atoms with Crippen LogP contribution in [-0.2, 0) is 19.1 Å². The van der Waals surface area contributed by atoms with Crippen LogP contribution in [0.3, 0.4) is 0 Å². The molecule has 0 bridgehead atoms. The van der Waals surface area contributed by atoms with E-state index in [0.717, 1.165) is 9.91 Å². The van der Waals surface area contributed by atoms with Crippen LogP contribution in [0.4, 0.5) is 13.2 Å². The third-order valence-electron chi connectivity index (χ3n) is 3.69. The molecule has 0 aliphatic carbocycles. The Morgan fingerprint density at radius 3 is 2.69 bits per heavy atom. The number of ether oxygens (including phenoxy) is 1. The molecule has 0 unspecified atom stereocenters. The zero-order valence-electron chi connectivity index (χ0n) is 14.5. The number of carbonyl (C=O) groups is 3. The number of halogens is 3. The molecule has 0 radical (unpaired) electrons. The van der Waals surface area contributed by atoms with Gasteiger partial charge < -0.3 is 9.84 Å². The van der Waals surface area contributed by atoms with Gasteiger partial charge in [-0.05, 0) is 24.3 Å². The first kappa shape index (κ1) is 22.2. The lowest BCUT2D eigenvalue weighted by Gasteiger charge is -2.48. The van der Waals surface area contributed by atoms with Crippen LogP contribution in [0.15, 0.2) is 15.6 Å². The zero-order valence-corrected chi connectivity index (χ0v) is 17.7. The summed E-state index contributed by atoms with van der Waals surface area (Å²) in [6.07, 6.45) is -1.30. The standard InChI is InChI=1S/C14H12F3N3O5S4/c1-5-18-19-13(29-5)27-3-6-2-26-11-9(10(22)20(11)8(6)12(23)24)25-7(21)4-28-14(15,16)17/h9,11H,2-4H2,1H3,(H,23,24)/t9-,11+/m1/s1. The number of nitrogens with zero attached hydrogens (tertiary/aromatic N) is 3. The lowest BCUT2D eigenvalue weighted by Crippen LogP contribution is -2.66. The van der Waals surface area contributed by atoms with E-state index in [4.69, 9.17) is 4.74 Å². The Hall–Kier alpha value is -1.45. The molecule has 1 amide bonds. The fourth-order valence-corrected chi connectivity index (χ4v) is 6.16. The molecule has 0 spiro atoms. The summed E-state index contributed by atoms with van der Waals surface area (Å²) in [6.45, 7) is 1.79. The number of aromatic nitrogens is 2. The van der Waals surface area contributed by atoms with E-state index in [0.29, 0.717) is 9.91 Å². The Labute approximate surface area is 178 Å². The minimum atomic E-state index is -4.59. The molecule has 158 valence electrons. The molecule has 1 aromatic heterocycles. The van der Waals surface area contributed by atoms with Crippen LogP contribution in [-0.4, -0.2) is 72.3 Å². The van der Waals surface area contributed by atoms with Gasteiger partial charge in [-0.25, -0.2) is 4.79 Å². The van der Waals surface area contributed by atoms with E-state index < -0.39 is 52.3 Å². The highest BCUT2D eigenvalue weighted by Crippen LogP contribution is 2.43. The highest BCUT2D eigenvalue weighted by molar-refractivity contribution is 8.02. The van der Waals surface area contributed by atoms with Gasteiger partial charge in [0, 0.05) is 11.5 Å². The van der Waals surface area contributed by atoms with Crippen molar-refractivity contribution >= 4 is 64.5 Å². The minimum absolute atomic E-state index is 0.190. The van der Waals surface area contributed by atoms with Gasteiger partial charge in [0.05, 0.1) is 0 Å². The molecule has 2 aliphatic rings. The largest absolute Gasteiger partial charge is 0.477 e. The molecule has 2 atom stereocenters. The van der Waals surface area contributed by atoms with Crippen molar-refractivity contribution in [2.75, 3.05) is 17.3 Å². The van der Waals surface area contributed by atoms with Crippen LogP contribution in [0.1, 0.15) is 5.01 Å². The van der Waals surface area contributed by atoms with Gasteiger partial charge in [-0.2, -0.15) is 13.2 Å². The predicted octanol–water partition coefficient (Wildman–Crippen LogP) is 2.36. The fourth-order valence-electron chi connectivity index (χ4n) is 2.54. The van der Waals surface area contributed by atoms with E-state index in [2.05, 4.69) is 10.2 Å². The van der Waals surface area contributed by atoms with E-state index in [9.17, 15) is 32.7 Å². The van der Waals surface area contributed by atoms with E-state index in [1.165, 1.54) is 34.9 Å². The van der Waals surface area contributed by atoms with Gasteiger partial charge in [0.15, 0.2) is 4.34 Å². The summed E-state index contributed by atoms with van der Waals surface area (Å²) in [6, 6.07) is 0. The Morgan fingerprint density at radius 2 is 2.10 bits per heavy atom. The van der Waals surface area contributed by atoms with Crippen LogP contribution in [0, 0.1) is 6.92 Å². The Morgan fingerprint density at radius 1 is 1.38 bits per heavy atom. The lowest BCUT2D eigenvalue weighted by molar-refractivity contribution is -0.173. The van der Waals surface area contributed by atoms with Crippen molar-refractivity contribution in [1.82, 2.24) is 15.1 Å². The smallest absolute Gasteiger partial charge is 0.442 e. The van der Waals surface area contributed by atoms with Gasteiger partial charge in [-0.3, -0.25) is 14.5 Å². The predicted molar refractivity (Wildman–Crippen MR) is 102 cm³/mol. The van der Waals surface area contributed by atoms with E-state index in [1.54, 1.807) is 6.92 Å². The number of carbonyl (C=O) groups excluding carboxylic acids is 2. The quantitative estimate of drug-likeness (QED) is 0.350. The number of carboxylic acids is 1. The van der Waals surface area contributed by atoms with Gasteiger partial charge in [0.25, 0.3) is 5.91 Å². The molecule has 1 fully saturated rings. The van der Waals surface area contributed by atoms with Crippen LogP contribution in [0.5, 0.6) is 0 Å². The van der Waals surface area contributed by atoms with Crippen LogP contribution in [0.2, 0.25) is 0 Å². The lowest BCUT2D eigenvalue weighted by atomic mass is 10.1. The fraction of sp³-hybridized carbons (Fsp3) is 0.500. The van der Waals surface area contributed by atoms with E-state index >= 15 is 0 Å². The van der Waals surface area contributed by atoms with Crippen LogP contribution < -0.4 is 0 Å². The number of hydrogen-bond donors (Lipinski definition) is 1. The first-order chi connectivity index (χ1) is 13.6. The van der Waals surface area contributed by atoms with Gasteiger partial charge in [0.2, 0.25) is 6.10 Å². The Balaban J connectivity index is 1.66. The first-order valence-corrected chi connectivity index (χ1v) is 11.6. The van der Waals surface area contributed by atoms with Crippen molar-refractivity contribution in [3.05, 3.63) is 16.3 Å². The number of β-lactam (4-membered cyclic amide) rings is 1. The average molecular weight is 488 g/mol. The monoisotopic (exact) mass is 487 g/mol. The summed E-state index contributed by atoms with van der Waals surface area (Å²) in [5.74, 6) is -3.67. The van der Waals surface area contributed by atoms with Gasteiger partial charge in [0.1, 0.15) is 21.8 Å². The van der Waals surface area contributed by atoms with Crippen molar-refractivity contribution < 1.29 is 37.4 Å². The number of hydrogen-bond acceptors (Lipinski definition) is 10. The van der Waals surface area contributed by atoms with Gasteiger partial charge in [-0.1, -0.05) is 23.1 Å². The second kappa shape index (κ2) is 8.73. The maximum atomic E-state index is 12.4. The number of thioether (sulfide) groups is 3. The number of rotatable bonds is 7. The Kier molecular flexibility index (Phi) is 6.70. The first-order valence-electron chi connectivity index (χ1n) is 7.80. The van der Waals surface area contributed by atoms with Gasteiger partial charge >= 0.3 is 17.4 Å². The summed E-state index contributed by atoms with van der Waals surface area (Å²) in [4.78, 5) is 36.7. The van der Waals surface area contributed by atoms with Crippen LogP contribution >= 0.6 is 46.6 Å². The molecule has 29 heavy (non-hydrogen) atoms. The van der Waals surface area contributed by atoms with Crippen molar-refractivity contribution in [3.63, 3.8) is 0 Å². The zero-order chi connectivity index (χ0) is 21.3. The molecule has 15 heteroatoms. The van der Waals surface area contributed by atoms with E-state index in [1.807, 2.05) is 0 Å². The van der Waals surface area contributed by atoms with Crippen LogP contribution in [0.25, 0.3) is 0 Å². The highest BCUT2D eigenvalue weighted by atomic mass is 32.2. The molecular formula is C14H12F3N3O5S4. The maximum Gasteiger partial charge on any atom is 0.442 e. The number of alkyl halides is 3. The molecule has 0 aromatic carbocycles. The third kappa shape index (κ3) is 5.19. The molecule has 0 saturated carbocycles. The summed E-state index contributed by atoms with van der Waals surface area (Å²) in [5, 5.41) is 17.4. The molecule has 1 aromatic rings. The molecule has 1 N–H and O–H groups in total. The molecule has 3 heterocycles. The molecule has 8 nitrogen and oxygen atoms in total. The second-order valence-electron chi connectivity index (χ2n) is 5.69.